The molecule has 0 aromatic heterocycles. The summed E-state index contributed by atoms with van der Waals surface area (Å²) < 4.78 is 48.3. The van der Waals surface area contributed by atoms with E-state index in [4.69, 9.17) is 5.84 Å². The van der Waals surface area contributed by atoms with Gasteiger partial charge in [-0.2, -0.15) is 8.78 Å². The molecule has 90 valence electrons. The molecule has 0 unspecified atom stereocenters. The lowest BCUT2D eigenvalue weighted by Crippen LogP contribution is -2.43. The number of aliphatic imine (C=N–C) groups is 1. The van der Waals surface area contributed by atoms with E-state index in [0.717, 1.165) is 6.42 Å². The van der Waals surface area contributed by atoms with Gasteiger partial charge in [-0.05, 0) is 6.42 Å². The molecule has 0 saturated carbocycles. The van der Waals surface area contributed by atoms with Gasteiger partial charge in [-0.25, -0.2) is 19.6 Å². The summed E-state index contributed by atoms with van der Waals surface area (Å²) in [5.41, 5.74) is 2.01. The molecule has 4 N–H and O–H groups in total. The van der Waals surface area contributed by atoms with E-state index in [1.807, 2.05) is 12.3 Å². The predicted molar refractivity (Wildman–Crippen MR) is 48.9 cm³/mol. The second-order valence-electron chi connectivity index (χ2n) is 2.80. The maximum atomic E-state index is 12.4. The highest BCUT2D eigenvalue weighted by atomic mass is 19.3. The van der Waals surface area contributed by atoms with Gasteiger partial charge >= 0.3 is 12.3 Å². The standard InChI is InChI=1S/C7H14F4N4/c1-2-3-13-6(15-12)14-4-7(10,11)5(8)9/h5H,2-4,12H2,1H3,(H2,13,14,15). The summed E-state index contributed by atoms with van der Waals surface area (Å²) >= 11 is 0. The molecule has 0 aliphatic carbocycles. The normalized spacial score (nSPS) is 13.1. The minimum absolute atomic E-state index is 0.128. The number of nitrogens with zero attached hydrogens (tertiary/aromatic N) is 1. The maximum absolute atomic E-state index is 12.4. The lowest BCUT2D eigenvalue weighted by Gasteiger charge is -2.13. The fourth-order valence-electron chi connectivity index (χ4n) is 0.649. The second-order valence-corrected chi connectivity index (χ2v) is 2.80. The molecule has 15 heavy (non-hydrogen) atoms. The summed E-state index contributed by atoms with van der Waals surface area (Å²) in [6.45, 7) is 0.999. The smallest absolute Gasteiger partial charge is 0.326 e. The molecule has 0 aliphatic heterocycles. The van der Waals surface area contributed by atoms with Crippen molar-refractivity contribution in [2.75, 3.05) is 13.1 Å². The van der Waals surface area contributed by atoms with Crippen molar-refractivity contribution in [3.8, 4) is 0 Å². The zero-order valence-electron chi connectivity index (χ0n) is 8.24. The van der Waals surface area contributed by atoms with Crippen LogP contribution in [-0.2, 0) is 0 Å². The molecule has 4 nitrogen and oxygen atoms in total. The minimum Gasteiger partial charge on any atom is -0.355 e. The molecular weight excluding hydrogens is 216 g/mol. The van der Waals surface area contributed by atoms with Crippen molar-refractivity contribution in [2.45, 2.75) is 25.7 Å². The van der Waals surface area contributed by atoms with Crippen LogP contribution in [0.15, 0.2) is 4.99 Å². The zero-order chi connectivity index (χ0) is 11.9. The summed E-state index contributed by atoms with van der Waals surface area (Å²) in [6, 6.07) is 0. The van der Waals surface area contributed by atoms with Crippen molar-refractivity contribution in [1.29, 1.82) is 0 Å². The Morgan fingerprint density at radius 1 is 1.47 bits per heavy atom. The molecule has 8 heteroatoms. The molecule has 0 amide bonds. The number of alkyl halides is 4. The Morgan fingerprint density at radius 2 is 2.07 bits per heavy atom. The van der Waals surface area contributed by atoms with Gasteiger partial charge in [0.05, 0.1) is 0 Å². The van der Waals surface area contributed by atoms with E-state index in [1.165, 1.54) is 0 Å². The van der Waals surface area contributed by atoms with Crippen LogP contribution in [0.4, 0.5) is 17.6 Å². The monoisotopic (exact) mass is 230 g/mol. The number of hydrogen-bond donors (Lipinski definition) is 3. The van der Waals surface area contributed by atoms with Crippen molar-refractivity contribution in [3.63, 3.8) is 0 Å². The summed E-state index contributed by atoms with van der Waals surface area (Å²) in [5.74, 6) is 0.687. The summed E-state index contributed by atoms with van der Waals surface area (Å²) in [6.07, 6.45) is -3.00. The zero-order valence-corrected chi connectivity index (χ0v) is 8.24. The molecular formula is C7H14F4N4. The first kappa shape index (κ1) is 13.9. The van der Waals surface area contributed by atoms with Crippen molar-refractivity contribution >= 4 is 5.96 Å². The van der Waals surface area contributed by atoms with Gasteiger partial charge in [0, 0.05) is 6.54 Å². The fourth-order valence-corrected chi connectivity index (χ4v) is 0.649. The molecule has 0 aromatic carbocycles. The number of guanidine groups is 1. The van der Waals surface area contributed by atoms with E-state index in [2.05, 4.69) is 10.3 Å². The lowest BCUT2D eigenvalue weighted by atomic mass is 10.3. The van der Waals surface area contributed by atoms with E-state index in [9.17, 15) is 17.6 Å². The van der Waals surface area contributed by atoms with Gasteiger partial charge in [0.1, 0.15) is 6.54 Å². The van der Waals surface area contributed by atoms with Crippen LogP contribution in [0.5, 0.6) is 0 Å². The van der Waals surface area contributed by atoms with Gasteiger partial charge in [-0.1, -0.05) is 6.92 Å². The molecule has 0 rings (SSSR count). The highest BCUT2D eigenvalue weighted by Crippen LogP contribution is 2.22. The van der Waals surface area contributed by atoms with Crippen LogP contribution in [0.1, 0.15) is 13.3 Å². The van der Waals surface area contributed by atoms with Crippen molar-refractivity contribution < 1.29 is 17.6 Å². The molecule has 0 bridgehead atoms. The molecule has 0 heterocycles. The number of nitrogens with two attached hydrogens (primary N) is 1. The van der Waals surface area contributed by atoms with E-state index in [-0.39, 0.29) is 5.96 Å². The quantitative estimate of drug-likeness (QED) is 0.214. The van der Waals surface area contributed by atoms with Gasteiger partial charge in [0.25, 0.3) is 0 Å². The predicted octanol–water partition coefficient (Wildman–Crippen LogP) is 0.706. The Hall–Kier alpha value is -1.05. The van der Waals surface area contributed by atoms with Gasteiger partial charge in [-0.3, -0.25) is 5.43 Å². The molecule has 0 saturated heterocycles. The molecule has 0 radical (unpaired) electrons. The van der Waals surface area contributed by atoms with Crippen LogP contribution in [0, 0.1) is 0 Å². The molecule has 0 aromatic rings. The third-order valence-corrected chi connectivity index (χ3v) is 1.45. The number of halogens is 4. The number of hydrogen-bond acceptors (Lipinski definition) is 2. The van der Waals surface area contributed by atoms with E-state index in [0.29, 0.717) is 6.54 Å². The Kier molecular flexibility index (Phi) is 5.99. The van der Waals surface area contributed by atoms with Gasteiger partial charge in [0.15, 0.2) is 0 Å². The summed E-state index contributed by atoms with van der Waals surface area (Å²) in [7, 11) is 0. The molecule has 0 aliphatic rings. The first-order valence-electron chi connectivity index (χ1n) is 4.35. The molecule has 0 spiro atoms. The Bertz CT molecular complexity index is 207. The molecule has 0 atom stereocenters. The van der Waals surface area contributed by atoms with Gasteiger partial charge in [-0.15, -0.1) is 0 Å². The average Bonchev–Trinajstić information content (AvgIpc) is 2.18. The van der Waals surface area contributed by atoms with Crippen molar-refractivity contribution in [2.24, 2.45) is 10.8 Å². The summed E-state index contributed by atoms with van der Waals surface area (Å²) in [5, 5.41) is 2.57. The average molecular weight is 230 g/mol. The lowest BCUT2D eigenvalue weighted by molar-refractivity contribution is -0.120. The number of hydrazine groups is 1. The van der Waals surface area contributed by atoms with Crippen LogP contribution < -0.4 is 16.6 Å². The van der Waals surface area contributed by atoms with Crippen LogP contribution in [0.3, 0.4) is 0 Å². The SMILES string of the molecule is CCCNC(=NCC(F)(F)C(F)F)NN. The van der Waals surface area contributed by atoms with E-state index < -0.39 is 18.9 Å². The fraction of sp³-hybridized carbons (Fsp3) is 0.857. The third-order valence-electron chi connectivity index (χ3n) is 1.45. The maximum Gasteiger partial charge on any atom is 0.326 e. The first-order valence-corrected chi connectivity index (χ1v) is 4.35. The Balaban J connectivity index is 4.20. The second kappa shape index (κ2) is 6.44. The van der Waals surface area contributed by atoms with Gasteiger partial charge < -0.3 is 5.32 Å². The van der Waals surface area contributed by atoms with Crippen LogP contribution in [0.2, 0.25) is 0 Å². The number of rotatable bonds is 5. The van der Waals surface area contributed by atoms with Gasteiger partial charge in [0.2, 0.25) is 5.96 Å². The highest BCUT2D eigenvalue weighted by Gasteiger charge is 2.40. The van der Waals surface area contributed by atoms with Crippen LogP contribution in [0.25, 0.3) is 0 Å². The minimum atomic E-state index is -4.13. The number of nitrogens with one attached hydrogen (secondary N) is 2. The van der Waals surface area contributed by atoms with E-state index >= 15 is 0 Å². The Labute approximate surface area is 84.9 Å². The summed E-state index contributed by atoms with van der Waals surface area (Å²) in [4.78, 5) is 3.21. The topological polar surface area (TPSA) is 62.4 Å². The molecule has 0 fully saturated rings. The van der Waals surface area contributed by atoms with Crippen molar-refractivity contribution in [3.05, 3.63) is 0 Å². The largest absolute Gasteiger partial charge is 0.355 e. The highest BCUT2D eigenvalue weighted by molar-refractivity contribution is 5.79. The third kappa shape index (κ3) is 5.40. The van der Waals surface area contributed by atoms with Crippen LogP contribution >= 0.6 is 0 Å². The van der Waals surface area contributed by atoms with Crippen molar-refractivity contribution in [1.82, 2.24) is 10.7 Å². The van der Waals surface area contributed by atoms with E-state index in [1.54, 1.807) is 0 Å². The Morgan fingerprint density at radius 3 is 2.47 bits per heavy atom. The first-order chi connectivity index (χ1) is 6.94. The van der Waals surface area contributed by atoms with Crippen LogP contribution in [-0.4, -0.2) is 31.4 Å².